The molecule has 1 aliphatic carbocycles. The largest absolute Gasteiger partial charge is 0.416 e. The van der Waals surface area contributed by atoms with Gasteiger partial charge < -0.3 is 15.0 Å². The van der Waals surface area contributed by atoms with Crippen LogP contribution in [-0.4, -0.2) is 42.0 Å². The molecule has 30 heavy (non-hydrogen) atoms. The Morgan fingerprint density at radius 2 is 1.73 bits per heavy atom. The van der Waals surface area contributed by atoms with Crippen molar-refractivity contribution in [2.75, 3.05) is 18.5 Å². The number of halogens is 3. The summed E-state index contributed by atoms with van der Waals surface area (Å²) in [5.74, 6) is 0.690. The van der Waals surface area contributed by atoms with E-state index in [0.29, 0.717) is 49.1 Å². The Kier molecular flexibility index (Phi) is 4.61. The summed E-state index contributed by atoms with van der Waals surface area (Å²) in [6.07, 6.45) is -1.34. The highest BCUT2D eigenvalue weighted by Gasteiger charge is 2.61. The van der Waals surface area contributed by atoms with E-state index in [0.717, 1.165) is 25.0 Å². The first kappa shape index (κ1) is 19.8. The van der Waals surface area contributed by atoms with Crippen LogP contribution < -0.4 is 5.32 Å². The van der Waals surface area contributed by atoms with Crippen molar-refractivity contribution >= 4 is 17.5 Å². The molecule has 2 bridgehead atoms. The number of fused-ring (bicyclic) bond motifs is 3. The minimum atomic E-state index is -4.40. The second-order valence-corrected chi connectivity index (χ2v) is 9.21. The molecule has 4 aliphatic rings. The van der Waals surface area contributed by atoms with Gasteiger partial charge in [-0.3, -0.25) is 9.59 Å². The summed E-state index contributed by atoms with van der Waals surface area (Å²) >= 11 is 0. The zero-order chi connectivity index (χ0) is 21.2. The van der Waals surface area contributed by atoms with Crippen LogP contribution in [0.3, 0.4) is 0 Å². The summed E-state index contributed by atoms with van der Waals surface area (Å²) in [7, 11) is 0. The van der Waals surface area contributed by atoms with E-state index in [4.69, 9.17) is 4.74 Å². The highest BCUT2D eigenvalue weighted by Crippen LogP contribution is 2.53. The van der Waals surface area contributed by atoms with Crippen LogP contribution in [0, 0.1) is 30.6 Å². The fourth-order valence-corrected chi connectivity index (χ4v) is 5.74. The van der Waals surface area contributed by atoms with Gasteiger partial charge in [0.15, 0.2) is 0 Å². The lowest BCUT2D eigenvalue weighted by molar-refractivity contribution is -0.141. The summed E-state index contributed by atoms with van der Waals surface area (Å²) in [4.78, 5) is 27.9. The number of hydrogen-bond donors (Lipinski definition) is 1. The van der Waals surface area contributed by atoms with Gasteiger partial charge in [0.1, 0.15) is 0 Å². The van der Waals surface area contributed by atoms with E-state index >= 15 is 0 Å². The van der Waals surface area contributed by atoms with Crippen molar-refractivity contribution in [3.63, 3.8) is 0 Å². The van der Waals surface area contributed by atoms with E-state index in [2.05, 4.69) is 5.32 Å². The number of anilines is 1. The Hall–Kier alpha value is -2.09. The molecule has 0 radical (unpaired) electrons. The molecular formula is C22H25F3N2O3. The number of amides is 2. The van der Waals surface area contributed by atoms with Crippen molar-refractivity contribution in [2.24, 2.45) is 23.7 Å². The molecule has 8 heteroatoms. The van der Waals surface area contributed by atoms with Crippen LogP contribution >= 0.6 is 0 Å². The fourth-order valence-electron chi connectivity index (χ4n) is 5.74. The second-order valence-electron chi connectivity index (χ2n) is 9.21. The smallest absolute Gasteiger partial charge is 0.381 e. The van der Waals surface area contributed by atoms with Crippen LogP contribution in [0.15, 0.2) is 18.2 Å². The van der Waals surface area contributed by atoms with Crippen LogP contribution in [0.1, 0.15) is 36.8 Å². The highest BCUT2D eigenvalue weighted by atomic mass is 19.4. The molecule has 3 saturated heterocycles. The zero-order valence-corrected chi connectivity index (χ0v) is 16.7. The van der Waals surface area contributed by atoms with Crippen LogP contribution in [0.4, 0.5) is 18.9 Å². The highest BCUT2D eigenvalue weighted by molar-refractivity contribution is 5.94. The Morgan fingerprint density at radius 3 is 2.30 bits per heavy atom. The zero-order valence-electron chi connectivity index (χ0n) is 16.7. The number of aryl methyl sites for hydroxylation is 1. The molecule has 1 aromatic carbocycles. The van der Waals surface area contributed by atoms with Crippen molar-refractivity contribution in [1.82, 2.24) is 4.90 Å². The van der Waals surface area contributed by atoms with Crippen LogP contribution in [0.5, 0.6) is 0 Å². The summed E-state index contributed by atoms with van der Waals surface area (Å²) < 4.78 is 44.0. The van der Waals surface area contributed by atoms with Crippen LogP contribution in [0.2, 0.25) is 0 Å². The molecule has 1 unspecified atom stereocenters. The van der Waals surface area contributed by atoms with Crippen molar-refractivity contribution < 1.29 is 27.5 Å². The molecule has 4 fully saturated rings. The first-order valence-corrected chi connectivity index (χ1v) is 10.6. The number of piperidine rings is 1. The number of nitrogens with one attached hydrogen (secondary N) is 1. The predicted molar refractivity (Wildman–Crippen MR) is 102 cm³/mol. The number of alkyl halides is 3. The van der Waals surface area contributed by atoms with Crippen LogP contribution in [-0.2, 0) is 20.5 Å². The predicted octanol–water partition coefficient (Wildman–Crippen LogP) is 3.61. The molecule has 5 rings (SSSR count). The number of nitrogens with zero attached hydrogens (tertiary/aromatic N) is 1. The normalized spacial score (nSPS) is 34.6. The standard InChI is InChI=1S/C22H25F3N2O3/c1-11-6-13(22(23,24)25)2-5-18(11)26-20(28)12-7-14-3-4-15(8-12)27(14)21(29)19-16-9-30-10-17(16)19/h2,5-6,12,14-17,19H,3-4,7-10H2,1H3,(H,26,28)/t12?,14-,15+,16-,17-/m1/s1. The molecule has 1 N–H and O–H groups in total. The number of rotatable bonds is 3. The molecule has 2 amide bonds. The van der Waals surface area contributed by atoms with Gasteiger partial charge in [-0.05, 0) is 68.2 Å². The number of carbonyl (C=O) groups excluding carboxylic acids is 2. The average Bonchev–Trinajstić information content (AvgIpc) is 3.02. The van der Waals surface area contributed by atoms with E-state index in [9.17, 15) is 22.8 Å². The van der Waals surface area contributed by atoms with Gasteiger partial charge in [0.25, 0.3) is 0 Å². The molecule has 5 atom stereocenters. The van der Waals surface area contributed by atoms with E-state index in [1.165, 1.54) is 6.07 Å². The quantitative estimate of drug-likeness (QED) is 0.810. The Morgan fingerprint density at radius 1 is 1.10 bits per heavy atom. The summed E-state index contributed by atoms with van der Waals surface area (Å²) in [6.45, 7) is 2.93. The van der Waals surface area contributed by atoms with Gasteiger partial charge in [0.2, 0.25) is 11.8 Å². The molecule has 0 spiro atoms. The molecular weight excluding hydrogens is 397 g/mol. The summed E-state index contributed by atoms with van der Waals surface area (Å²) in [5.41, 5.74) is 0.0685. The van der Waals surface area contributed by atoms with E-state index < -0.39 is 11.7 Å². The van der Waals surface area contributed by atoms with Gasteiger partial charge in [0.05, 0.1) is 18.8 Å². The molecule has 1 aromatic rings. The van der Waals surface area contributed by atoms with Gasteiger partial charge in [0, 0.05) is 29.6 Å². The third kappa shape index (κ3) is 3.29. The molecule has 3 aliphatic heterocycles. The van der Waals surface area contributed by atoms with E-state index in [1.807, 2.05) is 4.90 Å². The maximum absolute atomic E-state index is 13.0. The SMILES string of the molecule is Cc1cc(C(F)(F)F)ccc1NC(=O)C1C[C@H]2CC[C@@H](C1)N2C(=O)C1[C@@H]2COC[C@@H]12. The first-order valence-electron chi connectivity index (χ1n) is 10.6. The first-order chi connectivity index (χ1) is 14.2. The van der Waals surface area contributed by atoms with Crippen molar-refractivity contribution in [3.05, 3.63) is 29.3 Å². The molecule has 5 nitrogen and oxygen atoms in total. The van der Waals surface area contributed by atoms with E-state index in [1.54, 1.807) is 6.92 Å². The van der Waals surface area contributed by atoms with Crippen molar-refractivity contribution in [3.8, 4) is 0 Å². The minimum Gasteiger partial charge on any atom is -0.381 e. The molecule has 1 saturated carbocycles. The second kappa shape index (κ2) is 6.97. The summed E-state index contributed by atoms with van der Waals surface area (Å²) in [6, 6.07) is 3.53. The maximum Gasteiger partial charge on any atom is 0.416 e. The topological polar surface area (TPSA) is 58.6 Å². The third-order valence-electron chi connectivity index (χ3n) is 7.41. The molecule has 0 aromatic heterocycles. The van der Waals surface area contributed by atoms with Gasteiger partial charge >= 0.3 is 6.18 Å². The van der Waals surface area contributed by atoms with Gasteiger partial charge in [-0.25, -0.2) is 0 Å². The van der Waals surface area contributed by atoms with Gasteiger partial charge in [-0.15, -0.1) is 0 Å². The lowest BCUT2D eigenvalue weighted by atomic mass is 9.89. The summed E-state index contributed by atoms with van der Waals surface area (Å²) in [5, 5.41) is 2.81. The van der Waals surface area contributed by atoms with Crippen molar-refractivity contribution in [2.45, 2.75) is 50.9 Å². The van der Waals surface area contributed by atoms with E-state index in [-0.39, 0.29) is 35.7 Å². The Labute approximate surface area is 172 Å². The lowest BCUT2D eigenvalue weighted by Crippen LogP contribution is -2.49. The lowest BCUT2D eigenvalue weighted by Gasteiger charge is -2.39. The number of benzene rings is 1. The third-order valence-corrected chi connectivity index (χ3v) is 7.41. The number of ether oxygens (including phenoxy) is 1. The minimum absolute atomic E-state index is 0.0861. The average molecular weight is 422 g/mol. The molecule has 162 valence electrons. The maximum atomic E-state index is 13.0. The monoisotopic (exact) mass is 422 g/mol. The van der Waals surface area contributed by atoms with Crippen LogP contribution in [0.25, 0.3) is 0 Å². The van der Waals surface area contributed by atoms with Gasteiger partial charge in [-0.1, -0.05) is 0 Å². The number of carbonyl (C=O) groups is 2. The van der Waals surface area contributed by atoms with Gasteiger partial charge in [-0.2, -0.15) is 13.2 Å². The molecule has 3 heterocycles. The fraction of sp³-hybridized carbons (Fsp3) is 0.636. The Balaban J connectivity index is 1.23. The Bertz CT molecular complexity index is 863. The number of hydrogen-bond acceptors (Lipinski definition) is 3. The van der Waals surface area contributed by atoms with Crippen molar-refractivity contribution in [1.29, 1.82) is 0 Å².